The number of ether oxygens (including phenoxy) is 1. The normalized spacial score (nSPS) is 10.4. The number of methoxy groups -OCH3 is 1. The van der Waals surface area contributed by atoms with Crippen molar-refractivity contribution >= 4 is 16.9 Å². The van der Waals surface area contributed by atoms with E-state index in [1.165, 1.54) is 13.2 Å². The minimum Gasteiger partial charge on any atom is -0.493 e. The summed E-state index contributed by atoms with van der Waals surface area (Å²) in [6.45, 7) is 0. The third kappa shape index (κ3) is 2.13. The van der Waals surface area contributed by atoms with Crippen molar-refractivity contribution in [1.29, 1.82) is 0 Å². The first-order chi connectivity index (χ1) is 8.11. The van der Waals surface area contributed by atoms with Crippen LogP contribution in [-0.4, -0.2) is 18.2 Å². The van der Waals surface area contributed by atoms with Gasteiger partial charge in [0.2, 0.25) is 0 Å². The van der Waals surface area contributed by atoms with Gasteiger partial charge in [-0.15, -0.1) is 0 Å². The number of carbonyl (C=O) groups is 1. The molecule has 1 aromatic carbocycles. The number of hydrogen-bond donors (Lipinski definition) is 1. The van der Waals surface area contributed by atoms with Crippen LogP contribution in [0.4, 0.5) is 0 Å². The Morgan fingerprint density at radius 2 is 2.24 bits per heavy atom. The van der Waals surface area contributed by atoms with Gasteiger partial charge in [0.05, 0.1) is 13.5 Å². The standard InChI is InChI=1S/C12H10O5/c1-16-9-4-2-3-7-5-8(6-10(13)14)12(15)17-11(7)9/h2-5H,6H2,1H3,(H,13,14). The summed E-state index contributed by atoms with van der Waals surface area (Å²) in [4.78, 5) is 22.1. The molecule has 2 rings (SSSR count). The first kappa shape index (κ1) is 11.2. The fourth-order valence-corrected chi connectivity index (χ4v) is 1.61. The van der Waals surface area contributed by atoms with Crippen molar-refractivity contribution in [2.24, 2.45) is 0 Å². The molecule has 5 heteroatoms. The highest BCUT2D eigenvalue weighted by Gasteiger charge is 2.11. The summed E-state index contributed by atoms with van der Waals surface area (Å²) in [5.74, 6) is -0.624. The lowest BCUT2D eigenvalue weighted by Gasteiger charge is -2.04. The molecule has 0 amide bonds. The van der Waals surface area contributed by atoms with Crippen LogP contribution < -0.4 is 10.4 Å². The van der Waals surface area contributed by atoms with E-state index in [2.05, 4.69) is 0 Å². The second kappa shape index (κ2) is 4.29. The summed E-state index contributed by atoms with van der Waals surface area (Å²) in [7, 11) is 1.47. The molecule has 0 fully saturated rings. The van der Waals surface area contributed by atoms with Crippen molar-refractivity contribution in [3.8, 4) is 5.75 Å². The molecule has 88 valence electrons. The lowest BCUT2D eigenvalue weighted by Crippen LogP contribution is -2.12. The molecule has 17 heavy (non-hydrogen) atoms. The first-order valence-electron chi connectivity index (χ1n) is 4.93. The highest BCUT2D eigenvalue weighted by molar-refractivity contribution is 5.83. The Morgan fingerprint density at radius 3 is 2.88 bits per heavy atom. The Morgan fingerprint density at radius 1 is 1.47 bits per heavy atom. The van der Waals surface area contributed by atoms with Gasteiger partial charge in [-0.25, -0.2) is 4.79 Å². The molecule has 0 saturated carbocycles. The van der Waals surface area contributed by atoms with Gasteiger partial charge in [0, 0.05) is 10.9 Å². The number of para-hydroxylation sites is 1. The van der Waals surface area contributed by atoms with Gasteiger partial charge in [0.15, 0.2) is 11.3 Å². The number of hydrogen-bond acceptors (Lipinski definition) is 4. The monoisotopic (exact) mass is 234 g/mol. The summed E-state index contributed by atoms with van der Waals surface area (Å²) in [5, 5.41) is 9.30. The predicted molar refractivity (Wildman–Crippen MR) is 60.4 cm³/mol. The average molecular weight is 234 g/mol. The molecule has 2 aromatic rings. The summed E-state index contributed by atoms with van der Waals surface area (Å²) in [6, 6.07) is 6.65. The predicted octanol–water partition coefficient (Wildman–Crippen LogP) is 1.43. The van der Waals surface area contributed by atoms with Gasteiger partial charge >= 0.3 is 11.6 Å². The van der Waals surface area contributed by atoms with Crippen molar-refractivity contribution in [1.82, 2.24) is 0 Å². The van der Waals surface area contributed by atoms with Crippen molar-refractivity contribution in [2.75, 3.05) is 7.11 Å². The molecule has 0 aliphatic rings. The maximum Gasteiger partial charge on any atom is 0.340 e. The fraction of sp³-hybridized carbons (Fsp3) is 0.167. The van der Waals surface area contributed by atoms with Crippen LogP contribution in [0.5, 0.6) is 5.75 Å². The molecule has 0 aliphatic carbocycles. The average Bonchev–Trinajstić information content (AvgIpc) is 2.29. The molecule has 1 heterocycles. The molecule has 0 saturated heterocycles. The van der Waals surface area contributed by atoms with Gasteiger partial charge in [0.1, 0.15) is 0 Å². The van der Waals surface area contributed by atoms with E-state index in [0.29, 0.717) is 16.7 Å². The maximum atomic E-state index is 11.6. The molecule has 0 aliphatic heterocycles. The van der Waals surface area contributed by atoms with Gasteiger partial charge in [0.25, 0.3) is 0 Å². The summed E-state index contributed by atoms with van der Waals surface area (Å²) < 4.78 is 10.1. The van der Waals surface area contributed by atoms with Crippen LogP contribution in [0.1, 0.15) is 5.56 Å². The van der Waals surface area contributed by atoms with Gasteiger partial charge in [-0.1, -0.05) is 12.1 Å². The van der Waals surface area contributed by atoms with Crippen molar-refractivity contribution in [3.63, 3.8) is 0 Å². The van der Waals surface area contributed by atoms with Crippen LogP contribution in [0.3, 0.4) is 0 Å². The van der Waals surface area contributed by atoms with E-state index < -0.39 is 11.6 Å². The molecular weight excluding hydrogens is 224 g/mol. The number of fused-ring (bicyclic) bond motifs is 1. The lowest BCUT2D eigenvalue weighted by atomic mass is 10.1. The van der Waals surface area contributed by atoms with Gasteiger partial charge in [-0.2, -0.15) is 0 Å². The number of benzene rings is 1. The van der Waals surface area contributed by atoms with E-state index >= 15 is 0 Å². The first-order valence-corrected chi connectivity index (χ1v) is 4.93. The SMILES string of the molecule is COc1cccc2cc(CC(=O)O)c(=O)oc12. The Labute approximate surface area is 96.2 Å². The molecular formula is C12H10O5. The second-order valence-corrected chi connectivity index (χ2v) is 3.51. The molecule has 0 atom stereocenters. The zero-order valence-electron chi connectivity index (χ0n) is 9.10. The number of rotatable bonds is 3. The largest absolute Gasteiger partial charge is 0.493 e. The van der Waals surface area contributed by atoms with Crippen LogP contribution in [0, 0.1) is 0 Å². The highest BCUT2D eigenvalue weighted by atomic mass is 16.5. The van der Waals surface area contributed by atoms with Crippen LogP contribution in [0.25, 0.3) is 11.0 Å². The minimum absolute atomic E-state index is 0.123. The van der Waals surface area contributed by atoms with E-state index in [1.807, 2.05) is 0 Å². The fourth-order valence-electron chi connectivity index (χ4n) is 1.61. The molecule has 1 aromatic heterocycles. The number of aliphatic carboxylic acids is 1. The van der Waals surface area contributed by atoms with E-state index in [1.54, 1.807) is 18.2 Å². The topological polar surface area (TPSA) is 76.7 Å². The third-order valence-electron chi connectivity index (χ3n) is 2.36. The van der Waals surface area contributed by atoms with E-state index in [4.69, 9.17) is 14.3 Å². The Hall–Kier alpha value is -2.30. The van der Waals surface area contributed by atoms with E-state index in [0.717, 1.165) is 0 Å². The lowest BCUT2D eigenvalue weighted by molar-refractivity contribution is -0.136. The Balaban J connectivity index is 2.66. The molecule has 0 spiro atoms. The van der Waals surface area contributed by atoms with Crippen LogP contribution >= 0.6 is 0 Å². The van der Waals surface area contributed by atoms with E-state index in [9.17, 15) is 9.59 Å². The Kier molecular flexibility index (Phi) is 2.82. The van der Waals surface area contributed by atoms with Crippen molar-refractivity contribution in [2.45, 2.75) is 6.42 Å². The zero-order valence-corrected chi connectivity index (χ0v) is 9.10. The zero-order chi connectivity index (χ0) is 12.4. The minimum atomic E-state index is -1.07. The smallest absolute Gasteiger partial charge is 0.340 e. The van der Waals surface area contributed by atoms with Crippen LogP contribution in [-0.2, 0) is 11.2 Å². The second-order valence-electron chi connectivity index (χ2n) is 3.51. The van der Waals surface area contributed by atoms with Crippen molar-refractivity contribution in [3.05, 3.63) is 40.2 Å². The Bertz CT molecular complexity index is 626. The third-order valence-corrected chi connectivity index (χ3v) is 2.36. The molecule has 0 radical (unpaired) electrons. The maximum absolute atomic E-state index is 11.6. The van der Waals surface area contributed by atoms with Gasteiger partial charge in [-0.05, 0) is 12.1 Å². The quantitative estimate of drug-likeness (QED) is 0.813. The number of carboxylic acids is 1. The molecule has 0 unspecified atom stereocenters. The molecule has 1 N–H and O–H groups in total. The van der Waals surface area contributed by atoms with Gasteiger partial charge < -0.3 is 14.3 Å². The summed E-state index contributed by atoms with van der Waals surface area (Å²) >= 11 is 0. The van der Waals surface area contributed by atoms with Gasteiger partial charge in [-0.3, -0.25) is 4.79 Å². The van der Waals surface area contributed by atoms with Crippen LogP contribution in [0.15, 0.2) is 33.5 Å². The summed E-state index contributed by atoms with van der Waals surface area (Å²) in [6.07, 6.45) is -0.352. The highest BCUT2D eigenvalue weighted by Crippen LogP contribution is 2.24. The van der Waals surface area contributed by atoms with Crippen LogP contribution in [0.2, 0.25) is 0 Å². The molecule has 0 bridgehead atoms. The molecule has 5 nitrogen and oxygen atoms in total. The summed E-state index contributed by atoms with van der Waals surface area (Å²) in [5.41, 5.74) is -0.197. The van der Waals surface area contributed by atoms with E-state index in [-0.39, 0.29) is 12.0 Å². The number of carboxylic acid groups (broad SMARTS) is 1. The van der Waals surface area contributed by atoms with Crippen molar-refractivity contribution < 1.29 is 19.1 Å².